The van der Waals surface area contributed by atoms with Crippen LogP contribution in [0.15, 0.2) is 36.5 Å². The van der Waals surface area contributed by atoms with E-state index in [2.05, 4.69) is 17.2 Å². The lowest BCUT2D eigenvalue weighted by atomic mass is 10.2. The van der Waals surface area contributed by atoms with E-state index in [0.717, 1.165) is 30.5 Å². The lowest BCUT2D eigenvalue weighted by molar-refractivity contribution is -0.140. The van der Waals surface area contributed by atoms with Gasteiger partial charge in [0.05, 0.1) is 5.52 Å². The molecule has 2 atom stereocenters. The summed E-state index contributed by atoms with van der Waals surface area (Å²) in [6.45, 7) is 6.26. The number of ether oxygens (including phenoxy) is 1. The van der Waals surface area contributed by atoms with E-state index in [-0.39, 0.29) is 24.4 Å². The normalized spacial score (nSPS) is 19.0. The van der Waals surface area contributed by atoms with Crippen LogP contribution in [-0.4, -0.2) is 47.6 Å². The van der Waals surface area contributed by atoms with Crippen LogP contribution in [0, 0.1) is 0 Å². The van der Waals surface area contributed by atoms with E-state index in [4.69, 9.17) is 4.74 Å². The lowest BCUT2D eigenvalue weighted by Crippen LogP contribution is -2.55. The molecule has 0 unspecified atom stereocenters. The van der Waals surface area contributed by atoms with Gasteiger partial charge in [0, 0.05) is 37.3 Å². The van der Waals surface area contributed by atoms with Crippen LogP contribution in [0.1, 0.15) is 13.8 Å². The number of nitrogens with one attached hydrogen (secondary N) is 1. The summed E-state index contributed by atoms with van der Waals surface area (Å²) in [4.78, 5) is 18.8. The lowest BCUT2D eigenvalue weighted by Gasteiger charge is -2.35. The van der Waals surface area contributed by atoms with Crippen LogP contribution in [0.3, 0.4) is 0 Å². The molecule has 23 heavy (non-hydrogen) atoms. The molecular weight excluding hydrogens is 314 g/mol. The maximum absolute atomic E-state index is 12.6. The van der Waals surface area contributed by atoms with Crippen molar-refractivity contribution >= 4 is 29.2 Å². The predicted molar refractivity (Wildman–Crippen MR) is 93.1 cm³/mol. The third-order valence-electron chi connectivity index (χ3n) is 4.04. The number of nitrogens with zero attached hydrogens (tertiary/aromatic N) is 2. The van der Waals surface area contributed by atoms with Crippen molar-refractivity contribution in [1.29, 1.82) is 0 Å². The fraction of sp³-hybridized carbons (Fsp3) is 0.412. The predicted octanol–water partition coefficient (Wildman–Crippen LogP) is 2.24. The number of hydrogen-bond donors (Lipinski definition) is 1. The Morgan fingerprint density at radius 3 is 3.00 bits per heavy atom. The zero-order valence-electron chi connectivity index (χ0n) is 13.4. The first-order chi connectivity index (χ1) is 10.7. The molecule has 0 aliphatic carbocycles. The minimum absolute atomic E-state index is 0. The Morgan fingerprint density at radius 2 is 2.22 bits per heavy atom. The monoisotopic (exact) mass is 335 g/mol. The van der Waals surface area contributed by atoms with Gasteiger partial charge in [0.25, 0.3) is 5.91 Å². The molecule has 1 N–H and O–H groups in total. The highest BCUT2D eigenvalue weighted by Crippen LogP contribution is 2.25. The highest BCUT2D eigenvalue weighted by Gasteiger charge is 2.28. The van der Waals surface area contributed by atoms with Crippen molar-refractivity contribution in [2.24, 2.45) is 0 Å². The van der Waals surface area contributed by atoms with Gasteiger partial charge in [0.15, 0.2) is 6.10 Å². The van der Waals surface area contributed by atoms with Crippen molar-refractivity contribution in [2.75, 3.05) is 19.6 Å². The molecule has 2 aromatic rings. The smallest absolute Gasteiger partial charge is 0.263 e. The van der Waals surface area contributed by atoms with Gasteiger partial charge in [-0.3, -0.25) is 9.78 Å². The molecule has 0 radical (unpaired) electrons. The van der Waals surface area contributed by atoms with E-state index in [1.54, 1.807) is 6.20 Å². The summed E-state index contributed by atoms with van der Waals surface area (Å²) in [6.07, 6.45) is 1.25. The van der Waals surface area contributed by atoms with Gasteiger partial charge in [-0.2, -0.15) is 0 Å². The van der Waals surface area contributed by atoms with Gasteiger partial charge in [0.2, 0.25) is 0 Å². The Labute approximate surface area is 142 Å². The van der Waals surface area contributed by atoms with E-state index < -0.39 is 6.10 Å². The summed E-state index contributed by atoms with van der Waals surface area (Å²) in [5.74, 6) is 0.740. The van der Waals surface area contributed by atoms with Crippen molar-refractivity contribution in [3.63, 3.8) is 0 Å². The summed E-state index contributed by atoms with van der Waals surface area (Å²) >= 11 is 0. The van der Waals surface area contributed by atoms with Gasteiger partial charge in [-0.1, -0.05) is 6.07 Å². The molecule has 1 fully saturated rings. The average Bonchev–Trinajstić information content (AvgIpc) is 2.55. The SMILES string of the molecule is C[C@H](Oc1cccc2ncccc12)C(=O)N1CCNC[C@H]1C.Cl. The quantitative estimate of drug-likeness (QED) is 0.934. The summed E-state index contributed by atoms with van der Waals surface area (Å²) in [6, 6.07) is 9.75. The summed E-state index contributed by atoms with van der Waals surface area (Å²) in [5, 5.41) is 4.22. The number of carbonyl (C=O) groups excluding carboxylic acids is 1. The Kier molecular flexibility index (Phi) is 5.80. The zero-order chi connectivity index (χ0) is 15.5. The van der Waals surface area contributed by atoms with Crippen molar-refractivity contribution in [1.82, 2.24) is 15.2 Å². The maximum Gasteiger partial charge on any atom is 0.263 e. The number of carbonyl (C=O) groups is 1. The largest absolute Gasteiger partial charge is 0.480 e. The van der Waals surface area contributed by atoms with E-state index in [9.17, 15) is 4.79 Å². The fourth-order valence-electron chi connectivity index (χ4n) is 2.82. The van der Waals surface area contributed by atoms with Crippen LogP contribution in [0.4, 0.5) is 0 Å². The molecule has 6 heteroatoms. The highest BCUT2D eigenvalue weighted by atomic mass is 35.5. The molecule has 124 valence electrons. The molecule has 0 spiro atoms. The molecule has 1 aromatic carbocycles. The van der Waals surface area contributed by atoms with Crippen LogP contribution in [0.5, 0.6) is 5.75 Å². The van der Waals surface area contributed by atoms with Gasteiger partial charge in [-0.05, 0) is 38.1 Å². The molecule has 0 saturated carbocycles. The van der Waals surface area contributed by atoms with Crippen molar-refractivity contribution in [3.8, 4) is 5.75 Å². The van der Waals surface area contributed by atoms with Crippen LogP contribution in [0.2, 0.25) is 0 Å². The third kappa shape index (κ3) is 3.74. The highest BCUT2D eigenvalue weighted by molar-refractivity contribution is 5.86. The van der Waals surface area contributed by atoms with Gasteiger partial charge < -0.3 is 15.0 Å². The molecule has 5 nitrogen and oxygen atoms in total. The minimum atomic E-state index is -0.508. The molecule has 1 aliphatic heterocycles. The number of rotatable bonds is 3. The Morgan fingerprint density at radius 1 is 1.39 bits per heavy atom. The second-order valence-electron chi connectivity index (χ2n) is 5.67. The van der Waals surface area contributed by atoms with Gasteiger partial charge >= 0.3 is 0 Å². The third-order valence-corrected chi connectivity index (χ3v) is 4.04. The number of benzene rings is 1. The molecule has 3 rings (SSSR count). The maximum atomic E-state index is 12.6. The Balaban J connectivity index is 0.00000192. The topological polar surface area (TPSA) is 54.5 Å². The molecule has 1 amide bonds. The van der Waals surface area contributed by atoms with Crippen LogP contribution >= 0.6 is 12.4 Å². The van der Waals surface area contributed by atoms with Gasteiger partial charge in [-0.25, -0.2) is 0 Å². The van der Waals surface area contributed by atoms with Crippen LogP contribution in [0.25, 0.3) is 10.9 Å². The van der Waals surface area contributed by atoms with E-state index in [1.165, 1.54) is 0 Å². The fourth-order valence-corrected chi connectivity index (χ4v) is 2.82. The second kappa shape index (κ2) is 7.62. The zero-order valence-corrected chi connectivity index (χ0v) is 14.2. The number of halogens is 1. The van der Waals surface area contributed by atoms with E-state index >= 15 is 0 Å². The van der Waals surface area contributed by atoms with Crippen molar-refractivity contribution in [3.05, 3.63) is 36.5 Å². The number of pyridine rings is 1. The first kappa shape index (κ1) is 17.5. The summed E-state index contributed by atoms with van der Waals surface area (Å²) < 4.78 is 5.94. The minimum Gasteiger partial charge on any atom is -0.480 e. The number of hydrogen-bond acceptors (Lipinski definition) is 4. The first-order valence-electron chi connectivity index (χ1n) is 7.68. The molecular formula is C17H22ClN3O2. The molecule has 1 aliphatic rings. The Hall–Kier alpha value is -1.85. The molecule has 0 bridgehead atoms. The van der Waals surface area contributed by atoms with Crippen LogP contribution < -0.4 is 10.1 Å². The van der Waals surface area contributed by atoms with Gasteiger partial charge in [-0.15, -0.1) is 12.4 Å². The number of piperazine rings is 1. The number of amides is 1. The summed E-state index contributed by atoms with van der Waals surface area (Å²) in [5.41, 5.74) is 0.871. The van der Waals surface area contributed by atoms with Crippen molar-refractivity contribution < 1.29 is 9.53 Å². The number of aromatic nitrogens is 1. The average molecular weight is 336 g/mol. The van der Waals surface area contributed by atoms with E-state index in [0.29, 0.717) is 5.75 Å². The number of fused-ring (bicyclic) bond motifs is 1. The van der Waals surface area contributed by atoms with Gasteiger partial charge in [0.1, 0.15) is 5.75 Å². The first-order valence-corrected chi connectivity index (χ1v) is 7.68. The second-order valence-corrected chi connectivity index (χ2v) is 5.67. The van der Waals surface area contributed by atoms with Crippen molar-refractivity contribution in [2.45, 2.75) is 26.0 Å². The van der Waals surface area contributed by atoms with E-state index in [1.807, 2.05) is 42.2 Å². The molecule has 2 heterocycles. The molecule has 1 aromatic heterocycles. The molecule has 1 saturated heterocycles. The van der Waals surface area contributed by atoms with Crippen LogP contribution in [-0.2, 0) is 4.79 Å². The summed E-state index contributed by atoms with van der Waals surface area (Å²) in [7, 11) is 0. The Bertz CT molecular complexity index is 674. The standard InChI is InChI=1S/C17H21N3O2.ClH/c1-12-11-18-9-10-20(12)17(21)13(2)22-16-7-3-6-15-14(16)5-4-8-19-15;/h3-8,12-13,18H,9-11H2,1-2H3;1H/t12-,13+;/m1./s1.